The molecule has 0 saturated carbocycles. The Morgan fingerprint density at radius 2 is 1.72 bits per heavy atom. The highest BCUT2D eigenvalue weighted by molar-refractivity contribution is 5.79. The summed E-state index contributed by atoms with van der Waals surface area (Å²) in [4.78, 5) is 12.1. The van der Waals surface area contributed by atoms with Gasteiger partial charge in [-0.05, 0) is 49.5 Å². The van der Waals surface area contributed by atoms with Crippen molar-refractivity contribution in [2.45, 2.75) is 92.1 Å². The summed E-state index contributed by atoms with van der Waals surface area (Å²) in [5, 5.41) is 0. The average Bonchev–Trinajstić information content (AvgIpc) is 2.61. The summed E-state index contributed by atoms with van der Waals surface area (Å²) >= 11 is 0. The molecule has 0 bridgehead atoms. The van der Waals surface area contributed by atoms with Gasteiger partial charge in [-0.3, -0.25) is 4.79 Å². The molecule has 3 nitrogen and oxygen atoms in total. The SMILES string of the molecule is CC/C(=C/CC(=O)CC[C@H](C)CC(C)C(CC)C[C@H](CC)OC)OC. The van der Waals surface area contributed by atoms with Crippen molar-refractivity contribution in [3.63, 3.8) is 0 Å². The average molecular weight is 355 g/mol. The molecule has 0 aromatic rings. The Morgan fingerprint density at radius 3 is 2.20 bits per heavy atom. The number of ketones is 1. The van der Waals surface area contributed by atoms with Crippen LogP contribution in [0, 0.1) is 17.8 Å². The first-order chi connectivity index (χ1) is 11.9. The number of Topliss-reactive ketones (excluding diaryl/α,β-unsaturated/α-hetero) is 1. The zero-order chi connectivity index (χ0) is 19.2. The molecule has 0 N–H and O–H groups in total. The maximum atomic E-state index is 12.1. The molecule has 0 aliphatic carbocycles. The van der Waals surface area contributed by atoms with Crippen LogP contribution in [0.2, 0.25) is 0 Å². The van der Waals surface area contributed by atoms with Crippen molar-refractivity contribution < 1.29 is 14.3 Å². The lowest BCUT2D eigenvalue weighted by molar-refractivity contribution is -0.118. The minimum absolute atomic E-state index is 0.319. The molecular formula is C22H42O3. The molecule has 148 valence electrons. The number of methoxy groups -OCH3 is 2. The van der Waals surface area contributed by atoms with Crippen LogP contribution in [0.3, 0.4) is 0 Å². The van der Waals surface area contributed by atoms with Gasteiger partial charge in [-0.25, -0.2) is 0 Å². The lowest BCUT2D eigenvalue weighted by Crippen LogP contribution is -2.21. The lowest BCUT2D eigenvalue weighted by atomic mass is 9.80. The molecule has 0 heterocycles. The van der Waals surface area contributed by atoms with Crippen molar-refractivity contribution in [2.75, 3.05) is 14.2 Å². The minimum Gasteiger partial charge on any atom is -0.501 e. The van der Waals surface area contributed by atoms with E-state index in [1.54, 1.807) is 7.11 Å². The molecule has 0 radical (unpaired) electrons. The molecule has 3 heteroatoms. The van der Waals surface area contributed by atoms with Gasteiger partial charge in [0, 0.05) is 26.4 Å². The van der Waals surface area contributed by atoms with Crippen LogP contribution in [0.4, 0.5) is 0 Å². The largest absolute Gasteiger partial charge is 0.501 e. The fourth-order valence-electron chi connectivity index (χ4n) is 3.62. The van der Waals surface area contributed by atoms with Gasteiger partial charge in [-0.2, -0.15) is 0 Å². The molecule has 2 unspecified atom stereocenters. The standard InChI is InChI=1S/C22H42O3/c1-8-19(16-22(10-3)25-7)18(5)15-17(4)11-12-20(23)13-14-21(9-2)24-6/h14,17-19,22H,8-13,15-16H2,1-7H3/b21-14-/t17-,18?,19?,22-/m0/s1. The molecular weight excluding hydrogens is 312 g/mol. The van der Waals surface area contributed by atoms with Gasteiger partial charge < -0.3 is 9.47 Å². The summed E-state index contributed by atoms with van der Waals surface area (Å²) in [6, 6.07) is 0. The summed E-state index contributed by atoms with van der Waals surface area (Å²) < 4.78 is 10.8. The normalized spacial score (nSPS) is 17.0. The minimum atomic E-state index is 0.319. The highest BCUT2D eigenvalue weighted by Gasteiger charge is 2.21. The molecule has 0 rings (SSSR count). The Morgan fingerprint density at radius 1 is 1.04 bits per heavy atom. The van der Waals surface area contributed by atoms with Crippen molar-refractivity contribution in [3.05, 3.63) is 11.8 Å². The second-order valence-corrected chi connectivity index (χ2v) is 7.50. The smallest absolute Gasteiger partial charge is 0.136 e. The van der Waals surface area contributed by atoms with E-state index in [1.165, 1.54) is 12.8 Å². The first-order valence-electron chi connectivity index (χ1n) is 10.2. The van der Waals surface area contributed by atoms with Crippen molar-refractivity contribution in [2.24, 2.45) is 17.8 Å². The molecule has 4 atom stereocenters. The molecule has 0 aliphatic heterocycles. The fraction of sp³-hybridized carbons (Fsp3) is 0.864. The van der Waals surface area contributed by atoms with Crippen LogP contribution in [0.15, 0.2) is 11.8 Å². The monoisotopic (exact) mass is 354 g/mol. The maximum absolute atomic E-state index is 12.1. The van der Waals surface area contributed by atoms with Crippen LogP contribution < -0.4 is 0 Å². The van der Waals surface area contributed by atoms with E-state index in [-0.39, 0.29) is 0 Å². The van der Waals surface area contributed by atoms with Crippen LogP contribution in [0.1, 0.15) is 86.0 Å². The molecule has 0 spiro atoms. The van der Waals surface area contributed by atoms with E-state index in [1.807, 2.05) is 20.1 Å². The van der Waals surface area contributed by atoms with Gasteiger partial charge in [0.05, 0.1) is 19.0 Å². The second kappa shape index (κ2) is 14.4. The van der Waals surface area contributed by atoms with Crippen molar-refractivity contribution in [3.8, 4) is 0 Å². The number of allylic oxidation sites excluding steroid dienone is 2. The van der Waals surface area contributed by atoms with Crippen LogP contribution in [-0.4, -0.2) is 26.1 Å². The third-order valence-corrected chi connectivity index (χ3v) is 5.54. The van der Waals surface area contributed by atoms with E-state index < -0.39 is 0 Å². The predicted molar refractivity (Wildman–Crippen MR) is 107 cm³/mol. The van der Waals surface area contributed by atoms with Gasteiger partial charge in [-0.1, -0.05) is 41.0 Å². The van der Waals surface area contributed by atoms with Gasteiger partial charge in [0.15, 0.2) is 0 Å². The molecule has 0 saturated heterocycles. The van der Waals surface area contributed by atoms with Gasteiger partial charge in [0.1, 0.15) is 5.78 Å². The molecule has 25 heavy (non-hydrogen) atoms. The molecule has 0 amide bonds. The van der Waals surface area contributed by atoms with E-state index >= 15 is 0 Å². The lowest BCUT2D eigenvalue weighted by Gasteiger charge is -2.28. The Balaban J connectivity index is 4.27. The third kappa shape index (κ3) is 10.7. The van der Waals surface area contributed by atoms with Gasteiger partial charge in [0.25, 0.3) is 0 Å². The first kappa shape index (κ1) is 24.2. The van der Waals surface area contributed by atoms with Gasteiger partial charge >= 0.3 is 0 Å². The number of ether oxygens (including phenoxy) is 2. The topological polar surface area (TPSA) is 35.5 Å². The zero-order valence-corrected chi connectivity index (χ0v) is 17.8. The number of carbonyl (C=O) groups excluding carboxylic acids is 1. The summed E-state index contributed by atoms with van der Waals surface area (Å²) in [6.07, 6.45) is 9.95. The summed E-state index contributed by atoms with van der Waals surface area (Å²) in [6.45, 7) is 11.2. The predicted octanol–water partition coefficient (Wildman–Crippen LogP) is 6.17. The van der Waals surface area contributed by atoms with E-state index in [9.17, 15) is 4.79 Å². The number of carbonyl (C=O) groups is 1. The van der Waals surface area contributed by atoms with Crippen molar-refractivity contribution >= 4 is 5.78 Å². The van der Waals surface area contributed by atoms with Crippen LogP contribution >= 0.6 is 0 Å². The van der Waals surface area contributed by atoms with Crippen LogP contribution in [0.5, 0.6) is 0 Å². The number of hydrogen-bond acceptors (Lipinski definition) is 3. The van der Waals surface area contributed by atoms with E-state index in [4.69, 9.17) is 9.47 Å². The summed E-state index contributed by atoms with van der Waals surface area (Å²) in [5.74, 6) is 3.20. The van der Waals surface area contributed by atoms with E-state index in [2.05, 4.69) is 27.7 Å². The van der Waals surface area contributed by atoms with Crippen LogP contribution in [0.25, 0.3) is 0 Å². The Kier molecular flexibility index (Phi) is 13.9. The molecule has 0 aromatic carbocycles. The summed E-state index contributed by atoms with van der Waals surface area (Å²) in [5.41, 5.74) is 0. The maximum Gasteiger partial charge on any atom is 0.136 e. The number of rotatable bonds is 15. The van der Waals surface area contributed by atoms with Crippen molar-refractivity contribution in [1.82, 2.24) is 0 Å². The van der Waals surface area contributed by atoms with E-state index in [0.717, 1.165) is 31.4 Å². The first-order valence-corrected chi connectivity index (χ1v) is 10.2. The highest BCUT2D eigenvalue weighted by atomic mass is 16.5. The fourth-order valence-corrected chi connectivity index (χ4v) is 3.62. The Labute approximate surface area is 156 Å². The number of hydrogen-bond donors (Lipinski definition) is 0. The quantitative estimate of drug-likeness (QED) is 0.330. The van der Waals surface area contributed by atoms with Crippen LogP contribution in [-0.2, 0) is 14.3 Å². The molecule has 0 aliphatic rings. The summed E-state index contributed by atoms with van der Waals surface area (Å²) in [7, 11) is 3.49. The third-order valence-electron chi connectivity index (χ3n) is 5.54. The second-order valence-electron chi connectivity index (χ2n) is 7.50. The Hall–Kier alpha value is -0.830. The van der Waals surface area contributed by atoms with E-state index in [0.29, 0.717) is 42.5 Å². The molecule has 0 fully saturated rings. The molecule has 0 aromatic heterocycles. The van der Waals surface area contributed by atoms with Gasteiger partial charge in [-0.15, -0.1) is 0 Å². The zero-order valence-electron chi connectivity index (χ0n) is 17.8. The Bertz CT molecular complexity index is 365. The highest BCUT2D eigenvalue weighted by Crippen LogP contribution is 2.29. The van der Waals surface area contributed by atoms with Crippen molar-refractivity contribution in [1.29, 1.82) is 0 Å². The van der Waals surface area contributed by atoms with Gasteiger partial charge in [0.2, 0.25) is 0 Å².